The molecule has 1 saturated heterocycles. The third-order valence-electron chi connectivity index (χ3n) is 3.81. The molecule has 0 unspecified atom stereocenters. The van der Waals surface area contributed by atoms with E-state index in [1.54, 1.807) is 0 Å². The molecule has 23 heavy (non-hydrogen) atoms. The molecule has 0 aromatic carbocycles. The van der Waals surface area contributed by atoms with E-state index in [9.17, 15) is 22.8 Å². The smallest absolute Gasteiger partial charge is 0.394 e. The highest BCUT2D eigenvalue weighted by Crippen LogP contribution is 2.37. The van der Waals surface area contributed by atoms with Gasteiger partial charge in [0.05, 0.1) is 24.1 Å². The van der Waals surface area contributed by atoms with Crippen LogP contribution in [0.2, 0.25) is 0 Å². The van der Waals surface area contributed by atoms with E-state index in [1.165, 1.54) is 11.3 Å². The number of amides is 2. The summed E-state index contributed by atoms with van der Waals surface area (Å²) in [5, 5.41) is 12.1. The second-order valence-electron chi connectivity index (χ2n) is 5.41. The van der Waals surface area contributed by atoms with Crippen molar-refractivity contribution in [2.45, 2.75) is 26.6 Å². The Balaban J connectivity index is 1.98. The molecule has 2 N–H and O–H groups in total. The SMILES string of the molecule is Cc1nc(CNC(=O)N2C[C@@H](C(F)(F)F)[C@H](C(=O)O)C2)sc1C. The first kappa shape index (κ1) is 17.5. The molecule has 0 aliphatic carbocycles. The molecule has 0 spiro atoms. The predicted octanol–water partition coefficient (Wildman–Crippen LogP) is 2.16. The molecule has 1 aliphatic rings. The van der Waals surface area contributed by atoms with Crippen molar-refractivity contribution in [2.24, 2.45) is 11.8 Å². The van der Waals surface area contributed by atoms with Crippen LogP contribution >= 0.6 is 11.3 Å². The number of carbonyl (C=O) groups is 2. The zero-order chi connectivity index (χ0) is 17.4. The number of urea groups is 1. The lowest BCUT2D eigenvalue weighted by Crippen LogP contribution is -2.39. The number of carboxylic acid groups (broad SMARTS) is 1. The molecule has 128 valence electrons. The summed E-state index contributed by atoms with van der Waals surface area (Å²) in [5.41, 5.74) is 0.837. The van der Waals surface area contributed by atoms with Crippen molar-refractivity contribution in [3.05, 3.63) is 15.6 Å². The highest BCUT2D eigenvalue weighted by atomic mass is 32.1. The molecule has 1 aliphatic heterocycles. The van der Waals surface area contributed by atoms with E-state index in [1.807, 2.05) is 13.8 Å². The van der Waals surface area contributed by atoms with Gasteiger partial charge in [-0.3, -0.25) is 4.79 Å². The molecule has 0 saturated carbocycles. The van der Waals surface area contributed by atoms with Gasteiger partial charge in [-0.05, 0) is 13.8 Å². The molecule has 2 amide bonds. The molecule has 6 nitrogen and oxygen atoms in total. The van der Waals surface area contributed by atoms with Crippen molar-refractivity contribution in [2.75, 3.05) is 13.1 Å². The second-order valence-corrected chi connectivity index (χ2v) is 6.69. The number of carboxylic acids is 1. The van der Waals surface area contributed by atoms with E-state index < -0.39 is 43.1 Å². The van der Waals surface area contributed by atoms with E-state index in [0.29, 0.717) is 5.01 Å². The summed E-state index contributed by atoms with van der Waals surface area (Å²) in [5.74, 6) is -5.23. The lowest BCUT2D eigenvalue weighted by atomic mass is 9.96. The first-order valence-corrected chi connectivity index (χ1v) is 7.66. The molecular formula is C13H16F3N3O3S. The fourth-order valence-electron chi connectivity index (χ4n) is 2.43. The van der Waals surface area contributed by atoms with Crippen LogP contribution in [0.3, 0.4) is 0 Å². The predicted molar refractivity (Wildman–Crippen MR) is 76.1 cm³/mol. The van der Waals surface area contributed by atoms with Crippen molar-refractivity contribution in [1.82, 2.24) is 15.2 Å². The van der Waals surface area contributed by atoms with Crippen LogP contribution in [0.4, 0.5) is 18.0 Å². The van der Waals surface area contributed by atoms with Crippen molar-refractivity contribution in [1.29, 1.82) is 0 Å². The van der Waals surface area contributed by atoms with Gasteiger partial charge < -0.3 is 15.3 Å². The third-order valence-corrected chi connectivity index (χ3v) is 4.88. The Morgan fingerprint density at radius 3 is 2.48 bits per heavy atom. The van der Waals surface area contributed by atoms with Crippen molar-refractivity contribution < 1.29 is 27.9 Å². The monoisotopic (exact) mass is 351 g/mol. The Hall–Kier alpha value is -1.84. The van der Waals surface area contributed by atoms with Crippen LogP contribution in [0, 0.1) is 25.7 Å². The standard InChI is InChI=1S/C13H16F3N3O3S/c1-6-7(2)23-10(18-6)3-17-12(22)19-4-8(11(20)21)9(5-19)13(14,15)16/h8-9H,3-5H2,1-2H3,(H,17,22)(H,20,21)/t8-,9-/m1/s1. The normalized spacial score (nSPS) is 21.5. The largest absolute Gasteiger partial charge is 0.481 e. The summed E-state index contributed by atoms with van der Waals surface area (Å²) < 4.78 is 38.6. The van der Waals surface area contributed by atoms with Crippen LogP contribution in [0.1, 0.15) is 15.6 Å². The topological polar surface area (TPSA) is 82.5 Å². The maximum absolute atomic E-state index is 12.9. The molecule has 0 radical (unpaired) electrons. The van der Waals surface area contributed by atoms with Crippen LogP contribution in [0.25, 0.3) is 0 Å². The summed E-state index contributed by atoms with van der Waals surface area (Å²) >= 11 is 1.39. The molecule has 1 fully saturated rings. The summed E-state index contributed by atoms with van der Waals surface area (Å²) in [6, 6.07) is -0.714. The van der Waals surface area contributed by atoms with Crippen LogP contribution in [-0.2, 0) is 11.3 Å². The van der Waals surface area contributed by atoms with Crippen molar-refractivity contribution >= 4 is 23.3 Å². The molecule has 2 heterocycles. The number of carbonyl (C=O) groups excluding carboxylic acids is 1. The van der Waals surface area contributed by atoms with E-state index >= 15 is 0 Å². The summed E-state index contributed by atoms with van der Waals surface area (Å²) in [6.45, 7) is 2.69. The third kappa shape index (κ3) is 3.92. The number of hydrogen-bond donors (Lipinski definition) is 2. The number of hydrogen-bond acceptors (Lipinski definition) is 4. The molecule has 0 bridgehead atoms. The average Bonchev–Trinajstić information content (AvgIpc) is 3.00. The van der Waals surface area contributed by atoms with Gasteiger partial charge in [0.2, 0.25) is 0 Å². The Bertz CT molecular complexity index is 598. The Kier molecular flexibility index (Phi) is 4.83. The van der Waals surface area contributed by atoms with Crippen LogP contribution in [0.15, 0.2) is 0 Å². The van der Waals surface area contributed by atoms with Crippen LogP contribution in [-0.4, -0.2) is 46.3 Å². The number of aromatic nitrogens is 1. The van der Waals surface area contributed by atoms with E-state index in [4.69, 9.17) is 5.11 Å². The summed E-state index contributed by atoms with van der Waals surface area (Å²) in [4.78, 5) is 29.1. The van der Waals surface area contributed by atoms with Gasteiger partial charge in [0.25, 0.3) is 0 Å². The van der Waals surface area contributed by atoms with Gasteiger partial charge in [0.1, 0.15) is 5.01 Å². The number of thiazole rings is 1. The highest BCUT2D eigenvalue weighted by Gasteiger charge is 2.53. The minimum Gasteiger partial charge on any atom is -0.481 e. The first-order chi connectivity index (χ1) is 10.6. The van der Waals surface area contributed by atoms with Gasteiger partial charge in [-0.2, -0.15) is 13.2 Å². The van der Waals surface area contributed by atoms with Gasteiger partial charge in [-0.1, -0.05) is 0 Å². The van der Waals surface area contributed by atoms with Gasteiger partial charge in [-0.15, -0.1) is 11.3 Å². The number of alkyl halides is 3. The maximum atomic E-state index is 12.9. The number of rotatable bonds is 3. The first-order valence-electron chi connectivity index (χ1n) is 6.84. The Morgan fingerprint density at radius 2 is 2.04 bits per heavy atom. The minimum atomic E-state index is -4.65. The fourth-order valence-corrected chi connectivity index (χ4v) is 3.30. The highest BCUT2D eigenvalue weighted by molar-refractivity contribution is 7.11. The second kappa shape index (κ2) is 6.34. The minimum absolute atomic E-state index is 0.100. The summed E-state index contributed by atoms with van der Waals surface area (Å²) in [7, 11) is 0. The van der Waals surface area contributed by atoms with Gasteiger partial charge in [0.15, 0.2) is 0 Å². The molecule has 2 rings (SSSR count). The summed E-state index contributed by atoms with van der Waals surface area (Å²) in [6.07, 6.45) is -4.65. The van der Waals surface area contributed by atoms with Crippen molar-refractivity contribution in [3.8, 4) is 0 Å². The number of likely N-dealkylation sites (tertiary alicyclic amines) is 1. The number of halogens is 3. The Labute approximate surface area is 134 Å². The quantitative estimate of drug-likeness (QED) is 0.874. The lowest BCUT2D eigenvalue weighted by Gasteiger charge is -2.18. The van der Waals surface area contributed by atoms with Gasteiger partial charge >= 0.3 is 18.2 Å². The van der Waals surface area contributed by atoms with Crippen LogP contribution < -0.4 is 5.32 Å². The zero-order valence-corrected chi connectivity index (χ0v) is 13.3. The average molecular weight is 351 g/mol. The molecule has 1 aromatic rings. The number of nitrogens with one attached hydrogen (secondary N) is 1. The molecule has 1 aromatic heterocycles. The zero-order valence-electron chi connectivity index (χ0n) is 12.5. The van der Waals surface area contributed by atoms with Crippen LogP contribution in [0.5, 0.6) is 0 Å². The number of aryl methyl sites for hydroxylation is 2. The van der Waals surface area contributed by atoms with Gasteiger partial charge in [0, 0.05) is 18.0 Å². The fraction of sp³-hybridized carbons (Fsp3) is 0.615. The maximum Gasteiger partial charge on any atom is 0.394 e. The number of nitrogens with zero attached hydrogens (tertiary/aromatic N) is 2. The molecule has 10 heteroatoms. The molecule has 2 atom stereocenters. The van der Waals surface area contributed by atoms with E-state index in [2.05, 4.69) is 10.3 Å². The Morgan fingerprint density at radius 1 is 1.39 bits per heavy atom. The molecular weight excluding hydrogens is 335 g/mol. The van der Waals surface area contributed by atoms with E-state index in [0.717, 1.165) is 15.5 Å². The van der Waals surface area contributed by atoms with E-state index in [-0.39, 0.29) is 6.54 Å². The van der Waals surface area contributed by atoms with Crippen molar-refractivity contribution in [3.63, 3.8) is 0 Å². The van der Waals surface area contributed by atoms with Gasteiger partial charge in [-0.25, -0.2) is 9.78 Å². The lowest BCUT2D eigenvalue weighted by molar-refractivity contribution is -0.187. The number of aliphatic carboxylic acids is 1.